The van der Waals surface area contributed by atoms with E-state index in [0.717, 1.165) is 24.0 Å². The summed E-state index contributed by atoms with van der Waals surface area (Å²) >= 11 is 1.01. The van der Waals surface area contributed by atoms with Crippen molar-refractivity contribution >= 4 is 28.6 Å². The predicted molar refractivity (Wildman–Crippen MR) is 140 cm³/mol. The lowest BCUT2D eigenvalue weighted by molar-refractivity contribution is -0.139. The Hall–Kier alpha value is -2.89. The average molecular weight is 567 g/mol. The van der Waals surface area contributed by atoms with Gasteiger partial charge in [0.1, 0.15) is 17.4 Å². The highest BCUT2D eigenvalue weighted by atomic mass is 32.2. The second-order valence-corrected chi connectivity index (χ2v) is 10.9. The number of likely N-dealkylation sites (tertiary alicyclic amines) is 1. The van der Waals surface area contributed by atoms with E-state index in [1.807, 2.05) is 0 Å². The fourth-order valence-corrected chi connectivity index (χ4v) is 6.26. The Bertz CT molecular complexity index is 1330. The molecule has 11 heteroatoms. The summed E-state index contributed by atoms with van der Waals surface area (Å²) in [7, 11) is 1.50. The molecule has 3 unspecified atom stereocenters. The number of pyridine rings is 1. The van der Waals surface area contributed by atoms with Gasteiger partial charge in [-0.2, -0.15) is 0 Å². The average Bonchev–Trinajstić information content (AvgIpc) is 2.90. The molecule has 0 spiro atoms. The molecule has 0 radical (unpaired) electrons. The maximum absolute atomic E-state index is 14.8. The van der Waals surface area contributed by atoms with Crippen molar-refractivity contribution in [2.24, 2.45) is 11.8 Å². The molecule has 39 heavy (non-hydrogen) atoms. The van der Waals surface area contributed by atoms with Crippen molar-refractivity contribution in [1.29, 1.82) is 0 Å². The molecule has 0 aliphatic carbocycles. The molecule has 3 atom stereocenters. The second kappa shape index (κ2) is 13.0. The van der Waals surface area contributed by atoms with Crippen LogP contribution < -0.4 is 4.74 Å². The zero-order valence-corrected chi connectivity index (χ0v) is 22.2. The number of aliphatic carboxylic acids is 1. The van der Waals surface area contributed by atoms with Crippen molar-refractivity contribution in [3.8, 4) is 5.75 Å². The van der Waals surface area contributed by atoms with Gasteiger partial charge in [0.25, 0.3) is 0 Å². The summed E-state index contributed by atoms with van der Waals surface area (Å²) in [4.78, 5) is 17.6. The molecule has 0 bridgehead atoms. The Morgan fingerprint density at radius 3 is 2.72 bits per heavy atom. The number of carboxylic acids is 1. The van der Waals surface area contributed by atoms with Gasteiger partial charge >= 0.3 is 5.97 Å². The zero-order valence-electron chi connectivity index (χ0n) is 21.4. The summed E-state index contributed by atoms with van der Waals surface area (Å²) in [5, 5.41) is 20.9. The van der Waals surface area contributed by atoms with Crippen molar-refractivity contribution in [2.45, 2.75) is 36.7 Å². The Kier molecular flexibility index (Phi) is 9.68. The Morgan fingerprint density at radius 2 is 1.97 bits per heavy atom. The van der Waals surface area contributed by atoms with E-state index in [4.69, 9.17) is 4.74 Å². The second-order valence-electron chi connectivity index (χ2n) is 9.75. The number of piperidine rings is 1. The maximum Gasteiger partial charge on any atom is 0.303 e. The monoisotopic (exact) mass is 566 g/mol. The molecule has 0 amide bonds. The van der Waals surface area contributed by atoms with Crippen molar-refractivity contribution in [3.05, 3.63) is 65.4 Å². The van der Waals surface area contributed by atoms with Crippen LogP contribution in [0.5, 0.6) is 5.75 Å². The lowest BCUT2D eigenvalue weighted by Gasteiger charge is -2.38. The number of halogens is 4. The van der Waals surface area contributed by atoms with E-state index in [-0.39, 0.29) is 35.1 Å². The summed E-state index contributed by atoms with van der Waals surface area (Å²) in [5.41, 5.74) is 0.672. The summed E-state index contributed by atoms with van der Waals surface area (Å²) in [6, 6.07) is 6.50. The van der Waals surface area contributed by atoms with Crippen LogP contribution in [0.15, 0.2) is 41.4 Å². The number of hydrogen-bond acceptors (Lipinski definition) is 6. The van der Waals surface area contributed by atoms with E-state index in [0.29, 0.717) is 60.9 Å². The molecule has 1 aliphatic heterocycles. The molecule has 210 valence electrons. The molecule has 2 N–H and O–H groups in total. The van der Waals surface area contributed by atoms with Gasteiger partial charge in [-0.05, 0) is 61.9 Å². The van der Waals surface area contributed by atoms with Crippen LogP contribution in [0.4, 0.5) is 17.6 Å². The molecular weight excluding hydrogens is 536 g/mol. The van der Waals surface area contributed by atoms with Crippen molar-refractivity contribution in [3.63, 3.8) is 0 Å². The molecular formula is C28H30F4N2O4S. The third-order valence-corrected chi connectivity index (χ3v) is 8.24. The number of fused-ring (bicyclic) bond motifs is 1. The minimum Gasteiger partial charge on any atom is -0.497 e. The lowest BCUT2D eigenvalue weighted by atomic mass is 9.79. The van der Waals surface area contributed by atoms with Gasteiger partial charge in [0, 0.05) is 47.2 Å². The van der Waals surface area contributed by atoms with Crippen LogP contribution >= 0.6 is 11.8 Å². The van der Waals surface area contributed by atoms with Gasteiger partial charge in [0.15, 0.2) is 11.6 Å². The quantitative estimate of drug-likeness (QED) is 0.172. The SMILES string of the molecule is COc1ccc2ncc(F)c(C(O)CCC3CCN(CCSc4cc(F)cc(F)c4F)CC3CC(=O)O)c2c1. The van der Waals surface area contributed by atoms with Crippen molar-refractivity contribution < 1.29 is 37.3 Å². The van der Waals surface area contributed by atoms with E-state index in [9.17, 15) is 32.6 Å². The van der Waals surface area contributed by atoms with E-state index in [1.165, 1.54) is 7.11 Å². The third-order valence-electron chi connectivity index (χ3n) is 7.25. The summed E-state index contributed by atoms with van der Waals surface area (Å²) in [6.07, 6.45) is 1.34. The zero-order chi connectivity index (χ0) is 28.1. The van der Waals surface area contributed by atoms with Crippen LogP contribution in [0.25, 0.3) is 10.9 Å². The number of aromatic nitrogens is 1. The number of thioether (sulfide) groups is 1. The first-order valence-corrected chi connectivity index (χ1v) is 13.7. The number of rotatable bonds is 11. The van der Waals surface area contributed by atoms with Gasteiger partial charge in [-0.1, -0.05) is 0 Å². The molecule has 6 nitrogen and oxygen atoms in total. The number of benzene rings is 2. The van der Waals surface area contributed by atoms with Gasteiger partial charge in [0.05, 0.1) is 24.9 Å². The Labute approximate surface area is 228 Å². The van der Waals surface area contributed by atoms with Crippen LogP contribution in [0.3, 0.4) is 0 Å². The molecule has 4 rings (SSSR count). The molecule has 3 aromatic rings. The highest BCUT2D eigenvalue weighted by Gasteiger charge is 2.31. The van der Waals surface area contributed by atoms with E-state index in [2.05, 4.69) is 9.88 Å². The smallest absolute Gasteiger partial charge is 0.303 e. The number of aliphatic hydroxyl groups excluding tert-OH is 1. The van der Waals surface area contributed by atoms with Gasteiger partial charge < -0.3 is 19.8 Å². The number of hydrogen-bond donors (Lipinski definition) is 2. The molecule has 1 aromatic heterocycles. The molecule has 1 saturated heterocycles. The van der Waals surface area contributed by atoms with Crippen LogP contribution in [0.1, 0.15) is 37.4 Å². The highest BCUT2D eigenvalue weighted by Crippen LogP contribution is 2.36. The topological polar surface area (TPSA) is 82.9 Å². The lowest BCUT2D eigenvalue weighted by Crippen LogP contribution is -2.42. The standard InChI is InChI=1S/C28H30F4N2O4S/c1-38-19-3-4-23-20(13-19)27(22(31)14-33-23)24(35)5-2-16-6-7-34(15-17(16)10-26(36)37)8-9-39-25-12-18(29)11-21(30)28(25)32/h3-4,11-14,16-17,24,35H,2,5-10,15H2,1H3,(H,36,37). The molecule has 2 aromatic carbocycles. The number of carboxylic acid groups (broad SMARTS) is 1. The predicted octanol–water partition coefficient (Wildman–Crippen LogP) is 5.82. The normalized spacial score (nSPS) is 18.8. The van der Waals surface area contributed by atoms with Crippen LogP contribution in [0, 0.1) is 35.1 Å². The fraction of sp³-hybridized carbons (Fsp3) is 0.429. The largest absolute Gasteiger partial charge is 0.497 e. The van der Waals surface area contributed by atoms with Crippen LogP contribution in [-0.2, 0) is 4.79 Å². The molecule has 2 heterocycles. The summed E-state index contributed by atoms with van der Waals surface area (Å²) in [5.74, 6) is -4.03. The molecule has 1 fully saturated rings. The summed E-state index contributed by atoms with van der Waals surface area (Å²) in [6.45, 7) is 1.63. The van der Waals surface area contributed by atoms with Crippen molar-refractivity contribution in [2.75, 3.05) is 32.5 Å². The maximum atomic E-state index is 14.8. The van der Waals surface area contributed by atoms with Gasteiger partial charge in [0.2, 0.25) is 0 Å². The van der Waals surface area contributed by atoms with Crippen molar-refractivity contribution in [1.82, 2.24) is 9.88 Å². The minimum absolute atomic E-state index is 0.000103. The number of carbonyl (C=O) groups is 1. The van der Waals surface area contributed by atoms with E-state index < -0.39 is 35.3 Å². The Morgan fingerprint density at radius 1 is 1.18 bits per heavy atom. The minimum atomic E-state index is -1.24. The molecule has 0 saturated carbocycles. The number of nitrogens with zero attached hydrogens (tertiary/aromatic N) is 2. The first-order valence-electron chi connectivity index (χ1n) is 12.7. The highest BCUT2D eigenvalue weighted by molar-refractivity contribution is 7.99. The van der Waals surface area contributed by atoms with Crippen LogP contribution in [-0.4, -0.2) is 58.6 Å². The number of ether oxygens (including phenoxy) is 1. The first-order chi connectivity index (χ1) is 18.7. The van der Waals surface area contributed by atoms with E-state index >= 15 is 0 Å². The van der Waals surface area contributed by atoms with Gasteiger partial charge in [-0.25, -0.2) is 17.6 Å². The van der Waals surface area contributed by atoms with Gasteiger partial charge in [-0.3, -0.25) is 9.78 Å². The number of methoxy groups -OCH3 is 1. The van der Waals surface area contributed by atoms with Crippen LogP contribution in [0.2, 0.25) is 0 Å². The fourth-order valence-electron chi connectivity index (χ4n) is 5.27. The molecule has 1 aliphatic rings. The summed E-state index contributed by atoms with van der Waals surface area (Å²) < 4.78 is 60.8. The van der Waals surface area contributed by atoms with E-state index in [1.54, 1.807) is 18.2 Å². The third kappa shape index (κ3) is 7.20. The first kappa shape index (κ1) is 29.1. The van der Waals surface area contributed by atoms with Gasteiger partial charge in [-0.15, -0.1) is 11.8 Å². The Balaban J connectivity index is 1.38. The number of aliphatic hydroxyl groups is 1.